The number of nitrogens with one attached hydrogen (secondary N) is 2. The van der Waals surface area contributed by atoms with Crippen molar-refractivity contribution in [1.29, 1.82) is 0 Å². The van der Waals surface area contributed by atoms with Gasteiger partial charge in [0.25, 0.3) is 5.56 Å². The summed E-state index contributed by atoms with van der Waals surface area (Å²) < 4.78 is 27.8. The molecular weight excluding hydrogens is 348 g/mol. The summed E-state index contributed by atoms with van der Waals surface area (Å²) in [5.74, 6) is 0. The van der Waals surface area contributed by atoms with Crippen molar-refractivity contribution in [3.05, 3.63) is 74.6 Å². The molecule has 1 aromatic heterocycles. The molecule has 2 aromatic carbocycles. The number of H-pyrrole nitrogens is 1. The predicted molar refractivity (Wildman–Crippen MR) is 104 cm³/mol. The van der Waals surface area contributed by atoms with E-state index in [1.165, 1.54) is 0 Å². The van der Waals surface area contributed by atoms with E-state index in [1.807, 2.05) is 39.0 Å². The quantitative estimate of drug-likeness (QED) is 0.740. The van der Waals surface area contributed by atoms with E-state index < -0.39 is 10.0 Å². The van der Waals surface area contributed by atoms with Gasteiger partial charge >= 0.3 is 0 Å². The molecule has 0 amide bonds. The van der Waals surface area contributed by atoms with Crippen LogP contribution in [0.3, 0.4) is 0 Å². The zero-order chi connectivity index (χ0) is 19.1. The van der Waals surface area contributed by atoms with Crippen molar-refractivity contribution in [2.75, 3.05) is 0 Å². The van der Waals surface area contributed by atoms with Gasteiger partial charge in [-0.25, -0.2) is 13.1 Å². The second-order valence-electron chi connectivity index (χ2n) is 6.69. The van der Waals surface area contributed by atoms with Crippen molar-refractivity contribution in [2.45, 2.75) is 39.1 Å². The monoisotopic (exact) mass is 370 g/mol. The van der Waals surface area contributed by atoms with Crippen molar-refractivity contribution >= 4 is 20.9 Å². The molecule has 0 saturated heterocycles. The topological polar surface area (TPSA) is 79.0 Å². The Labute approximate surface area is 153 Å². The zero-order valence-corrected chi connectivity index (χ0v) is 16.1. The molecule has 0 fully saturated rings. The van der Waals surface area contributed by atoms with Crippen molar-refractivity contribution in [1.82, 2.24) is 9.71 Å². The maximum atomic E-state index is 12.6. The third kappa shape index (κ3) is 3.43. The number of aromatic amines is 1. The minimum Gasteiger partial charge on any atom is -0.321 e. The molecule has 5 nitrogen and oxygen atoms in total. The number of aromatic nitrogens is 1. The SMILES string of the molecule is Cc1ccc(C)c(S(=O)(=O)NCc2cc3ccc(C)c(C)c3[nH]c2=O)c1. The number of aryl methyl sites for hydroxylation is 4. The predicted octanol–water partition coefficient (Wildman–Crippen LogP) is 3.24. The van der Waals surface area contributed by atoms with Gasteiger partial charge in [0.15, 0.2) is 0 Å². The number of sulfonamides is 1. The van der Waals surface area contributed by atoms with Crippen LogP contribution >= 0.6 is 0 Å². The third-order valence-electron chi connectivity index (χ3n) is 4.71. The van der Waals surface area contributed by atoms with Gasteiger partial charge in [-0.05, 0) is 67.5 Å². The molecule has 0 saturated carbocycles. The first-order valence-electron chi connectivity index (χ1n) is 8.38. The normalized spacial score (nSPS) is 11.8. The number of rotatable bonds is 4. The average Bonchev–Trinajstić information content (AvgIpc) is 2.59. The van der Waals surface area contributed by atoms with Gasteiger partial charge in [-0.3, -0.25) is 4.79 Å². The van der Waals surface area contributed by atoms with E-state index in [1.54, 1.807) is 25.1 Å². The van der Waals surface area contributed by atoms with Crippen LogP contribution in [0.15, 0.2) is 46.1 Å². The number of pyridine rings is 1. The van der Waals surface area contributed by atoms with Crippen LogP contribution in [0, 0.1) is 27.7 Å². The van der Waals surface area contributed by atoms with Gasteiger partial charge in [-0.2, -0.15) is 0 Å². The molecule has 0 radical (unpaired) electrons. The van der Waals surface area contributed by atoms with Crippen LogP contribution in [0.4, 0.5) is 0 Å². The van der Waals surface area contributed by atoms with Crippen LogP contribution < -0.4 is 10.3 Å². The van der Waals surface area contributed by atoms with E-state index in [-0.39, 0.29) is 17.0 Å². The summed E-state index contributed by atoms with van der Waals surface area (Å²) in [5.41, 5.74) is 4.53. The Morgan fingerprint density at radius 2 is 1.65 bits per heavy atom. The minimum absolute atomic E-state index is 0.0616. The summed E-state index contributed by atoms with van der Waals surface area (Å²) in [7, 11) is -3.70. The molecule has 2 N–H and O–H groups in total. The highest BCUT2D eigenvalue weighted by Gasteiger charge is 2.17. The zero-order valence-electron chi connectivity index (χ0n) is 15.3. The molecule has 3 rings (SSSR count). The average molecular weight is 370 g/mol. The second-order valence-corrected chi connectivity index (χ2v) is 8.42. The Morgan fingerprint density at radius 1 is 0.962 bits per heavy atom. The molecule has 1 heterocycles. The number of fused-ring (bicyclic) bond motifs is 1. The van der Waals surface area contributed by atoms with Gasteiger partial charge in [-0.1, -0.05) is 24.3 Å². The summed E-state index contributed by atoms with van der Waals surface area (Å²) in [4.78, 5) is 15.5. The minimum atomic E-state index is -3.70. The Kier molecular flexibility index (Phi) is 4.73. The molecule has 26 heavy (non-hydrogen) atoms. The largest absolute Gasteiger partial charge is 0.321 e. The lowest BCUT2D eigenvalue weighted by molar-refractivity contribution is 0.580. The van der Waals surface area contributed by atoms with Crippen LogP contribution in [0.2, 0.25) is 0 Å². The van der Waals surface area contributed by atoms with Gasteiger partial charge in [0.2, 0.25) is 10.0 Å². The molecule has 0 aliphatic carbocycles. The maximum Gasteiger partial charge on any atom is 0.252 e. The second kappa shape index (κ2) is 6.70. The van der Waals surface area contributed by atoms with Gasteiger partial charge in [0.1, 0.15) is 0 Å². The highest BCUT2D eigenvalue weighted by molar-refractivity contribution is 7.89. The number of hydrogen-bond donors (Lipinski definition) is 2. The molecule has 0 spiro atoms. The van der Waals surface area contributed by atoms with Gasteiger partial charge in [-0.15, -0.1) is 0 Å². The van der Waals surface area contributed by atoms with E-state index in [0.717, 1.165) is 27.6 Å². The van der Waals surface area contributed by atoms with Crippen LogP contribution in [-0.2, 0) is 16.6 Å². The third-order valence-corrected chi connectivity index (χ3v) is 6.26. The van der Waals surface area contributed by atoms with Crippen LogP contribution in [0.1, 0.15) is 27.8 Å². The summed E-state index contributed by atoms with van der Waals surface area (Å²) in [6, 6.07) is 10.9. The van der Waals surface area contributed by atoms with E-state index >= 15 is 0 Å². The summed E-state index contributed by atoms with van der Waals surface area (Å²) in [6.45, 7) is 7.47. The molecule has 6 heteroatoms. The van der Waals surface area contributed by atoms with Crippen molar-refractivity contribution in [3.63, 3.8) is 0 Å². The van der Waals surface area contributed by atoms with E-state index in [0.29, 0.717) is 11.1 Å². The molecular formula is C20H22N2O3S. The van der Waals surface area contributed by atoms with Crippen LogP contribution in [-0.4, -0.2) is 13.4 Å². The Morgan fingerprint density at radius 3 is 2.38 bits per heavy atom. The lowest BCUT2D eigenvalue weighted by Gasteiger charge is -2.11. The van der Waals surface area contributed by atoms with Gasteiger partial charge < -0.3 is 4.98 Å². The lowest BCUT2D eigenvalue weighted by atomic mass is 10.0. The highest BCUT2D eigenvalue weighted by atomic mass is 32.2. The smallest absolute Gasteiger partial charge is 0.252 e. The molecule has 0 aliphatic heterocycles. The summed E-state index contributed by atoms with van der Waals surface area (Å²) in [5, 5.41) is 0.883. The fourth-order valence-corrected chi connectivity index (χ4v) is 4.28. The molecule has 0 unspecified atom stereocenters. The first kappa shape index (κ1) is 18.4. The molecule has 0 aliphatic rings. The first-order chi connectivity index (χ1) is 12.2. The summed E-state index contributed by atoms with van der Waals surface area (Å²) >= 11 is 0. The number of hydrogen-bond acceptors (Lipinski definition) is 3. The first-order valence-corrected chi connectivity index (χ1v) is 9.86. The van der Waals surface area contributed by atoms with Crippen molar-refractivity contribution in [2.24, 2.45) is 0 Å². The van der Waals surface area contributed by atoms with E-state index in [2.05, 4.69) is 9.71 Å². The van der Waals surface area contributed by atoms with Crippen molar-refractivity contribution < 1.29 is 8.42 Å². The molecule has 136 valence electrons. The highest BCUT2D eigenvalue weighted by Crippen LogP contribution is 2.20. The summed E-state index contributed by atoms with van der Waals surface area (Å²) in [6.07, 6.45) is 0. The Bertz CT molecular complexity index is 1160. The molecule has 3 aromatic rings. The Hall–Kier alpha value is -2.44. The van der Waals surface area contributed by atoms with E-state index in [9.17, 15) is 13.2 Å². The fraction of sp³-hybridized carbons (Fsp3) is 0.250. The lowest BCUT2D eigenvalue weighted by Crippen LogP contribution is -2.27. The van der Waals surface area contributed by atoms with E-state index in [4.69, 9.17) is 0 Å². The molecule has 0 bridgehead atoms. The van der Waals surface area contributed by atoms with Gasteiger partial charge in [0, 0.05) is 12.1 Å². The van der Waals surface area contributed by atoms with Crippen LogP contribution in [0.5, 0.6) is 0 Å². The van der Waals surface area contributed by atoms with Gasteiger partial charge in [0.05, 0.1) is 10.4 Å². The Balaban J connectivity index is 1.94. The number of benzene rings is 2. The molecule has 0 atom stereocenters. The maximum absolute atomic E-state index is 12.6. The van der Waals surface area contributed by atoms with Crippen molar-refractivity contribution in [3.8, 4) is 0 Å². The van der Waals surface area contributed by atoms with Crippen LogP contribution in [0.25, 0.3) is 10.9 Å². The fourth-order valence-electron chi connectivity index (χ4n) is 2.95. The standard InChI is InChI=1S/C20H22N2O3S/c1-12-5-6-14(3)18(9-12)26(24,25)21-11-17-10-16-8-7-13(2)15(4)19(16)22-20(17)23/h5-10,21H,11H2,1-4H3,(H,22,23).